The quantitative estimate of drug-likeness (QED) is 0.381. The Morgan fingerprint density at radius 3 is 2.29 bits per heavy atom. The van der Waals surface area contributed by atoms with Gasteiger partial charge in [-0.15, -0.1) is 0 Å². The molecule has 0 radical (unpaired) electrons. The lowest BCUT2D eigenvalue weighted by Gasteiger charge is -1.95. The van der Waals surface area contributed by atoms with Gasteiger partial charge in [-0.3, -0.25) is 0 Å². The smallest absolute Gasteiger partial charge is 0.324 e. The van der Waals surface area contributed by atoms with Crippen molar-refractivity contribution in [2.24, 2.45) is 0 Å². The van der Waals surface area contributed by atoms with E-state index in [2.05, 4.69) is 9.78 Å². The van der Waals surface area contributed by atoms with Gasteiger partial charge in [-0.25, -0.2) is 0 Å². The Labute approximate surface area is 42.1 Å². The molecule has 0 bridgehead atoms. The fraction of sp³-hybridized carbons (Fsp3) is 1.00. The van der Waals surface area contributed by atoms with E-state index >= 15 is 0 Å². The minimum absolute atomic E-state index is 0.622. The average Bonchev–Trinajstić information content (AvgIpc) is 2.22. The van der Waals surface area contributed by atoms with E-state index in [1.165, 1.54) is 0 Å². The second-order valence-corrected chi connectivity index (χ2v) is 1.46. The molecule has 1 saturated heterocycles. The third-order valence-electron chi connectivity index (χ3n) is 0.725. The Morgan fingerprint density at radius 2 is 2.14 bits per heavy atom. The van der Waals surface area contributed by atoms with Crippen LogP contribution in [0.1, 0.15) is 13.8 Å². The van der Waals surface area contributed by atoms with Crippen molar-refractivity contribution in [2.45, 2.75) is 19.8 Å². The monoisotopic (exact) mass is 104 g/mol. The molecule has 0 aromatic carbocycles. The van der Waals surface area contributed by atoms with Crippen molar-refractivity contribution in [3.63, 3.8) is 0 Å². The van der Waals surface area contributed by atoms with E-state index in [-0.39, 0.29) is 0 Å². The fourth-order valence-electron chi connectivity index (χ4n) is 0.369. The van der Waals surface area contributed by atoms with Crippen LogP contribution in [0.3, 0.4) is 0 Å². The fourth-order valence-corrected chi connectivity index (χ4v) is 0.369. The van der Waals surface area contributed by atoms with Gasteiger partial charge in [0, 0.05) is 13.5 Å². The van der Waals surface area contributed by atoms with Gasteiger partial charge in [0.25, 0.3) is 0 Å². The molecule has 0 atom stereocenters. The number of hydrogen-bond acceptors (Lipinski definition) is 3. The summed E-state index contributed by atoms with van der Waals surface area (Å²) in [6.07, 6.45) is 0. The van der Waals surface area contributed by atoms with Gasteiger partial charge < -0.3 is 4.74 Å². The summed E-state index contributed by atoms with van der Waals surface area (Å²) in [6.45, 7) is 4.23. The summed E-state index contributed by atoms with van der Waals surface area (Å²) in [4.78, 5) is 8.83. The highest BCUT2D eigenvalue weighted by atomic mass is 17.4. The van der Waals surface area contributed by atoms with E-state index in [0.29, 0.717) is 6.61 Å². The summed E-state index contributed by atoms with van der Waals surface area (Å²) in [6, 6.07) is 0. The number of ether oxygens (including phenoxy) is 1. The molecule has 3 heteroatoms. The molecule has 1 aliphatic heterocycles. The first-order valence-corrected chi connectivity index (χ1v) is 2.27. The summed E-state index contributed by atoms with van der Waals surface area (Å²) in [7, 11) is 0. The molecule has 1 rings (SSSR count). The van der Waals surface area contributed by atoms with Crippen LogP contribution in [0.15, 0.2) is 0 Å². The Kier molecular flexibility index (Phi) is 1.03. The van der Waals surface area contributed by atoms with E-state index in [4.69, 9.17) is 4.74 Å². The minimum Gasteiger partial charge on any atom is -0.324 e. The lowest BCUT2D eigenvalue weighted by Crippen LogP contribution is -2.08. The SMILES string of the molecule is CCOC1(C)OO1. The van der Waals surface area contributed by atoms with Crippen LogP contribution in [0.4, 0.5) is 0 Å². The summed E-state index contributed by atoms with van der Waals surface area (Å²) in [5, 5.41) is 0. The zero-order chi connectivity index (χ0) is 5.33. The topological polar surface area (TPSA) is 34.3 Å². The van der Waals surface area contributed by atoms with Crippen molar-refractivity contribution in [2.75, 3.05) is 6.61 Å². The molecular formula is C4H8O3. The van der Waals surface area contributed by atoms with Crippen LogP contribution in [0, 0.1) is 0 Å². The first kappa shape index (κ1) is 5.03. The van der Waals surface area contributed by atoms with Crippen molar-refractivity contribution in [3.8, 4) is 0 Å². The molecular weight excluding hydrogens is 96.0 g/mol. The third kappa shape index (κ3) is 1.12. The first-order valence-electron chi connectivity index (χ1n) is 2.27. The van der Waals surface area contributed by atoms with Crippen molar-refractivity contribution in [1.82, 2.24) is 0 Å². The van der Waals surface area contributed by atoms with Crippen LogP contribution in [0.5, 0.6) is 0 Å². The highest BCUT2D eigenvalue weighted by molar-refractivity contribution is 4.47. The van der Waals surface area contributed by atoms with Crippen LogP contribution < -0.4 is 0 Å². The number of rotatable bonds is 2. The summed E-state index contributed by atoms with van der Waals surface area (Å²) in [5.41, 5.74) is 0. The van der Waals surface area contributed by atoms with E-state index in [0.717, 1.165) is 0 Å². The zero-order valence-electron chi connectivity index (χ0n) is 4.43. The third-order valence-corrected chi connectivity index (χ3v) is 0.725. The Hall–Kier alpha value is -0.120. The summed E-state index contributed by atoms with van der Waals surface area (Å²) in [5.74, 6) is -0.700. The Morgan fingerprint density at radius 1 is 1.57 bits per heavy atom. The highest BCUT2D eigenvalue weighted by Gasteiger charge is 2.44. The van der Waals surface area contributed by atoms with Gasteiger partial charge in [0.2, 0.25) is 0 Å². The molecule has 42 valence electrons. The van der Waals surface area contributed by atoms with Crippen LogP contribution in [-0.4, -0.2) is 12.6 Å². The van der Waals surface area contributed by atoms with Gasteiger partial charge in [-0.2, -0.15) is 9.78 Å². The summed E-state index contributed by atoms with van der Waals surface area (Å²) >= 11 is 0. The Bertz CT molecular complexity index is 67.3. The predicted molar refractivity (Wildman–Crippen MR) is 22.2 cm³/mol. The van der Waals surface area contributed by atoms with Crippen molar-refractivity contribution in [3.05, 3.63) is 0 Å². The second kappa shape index (κ2) is 1.43. The molecule has 0 aromatic rings. The van der Waals surface area contributed by atoms with E-state index < -0.39 is 5.97 Å². The second-order valence-electron chi connectivity index (χ2n) is 1.46. The molecule has 0 saturated carbocycles. The van der Waals surface area contributed by atoms with E-state index in [1.54, 1.807) is 6.92 Å². The lowest BCUT2D eigenvalue weighted by atomic mass is 10.7. The maximum absolute atomic E-state index is 4.90. The molecule has 0 aromatic heterocycles. The van der Waals surface area contributed by atoms with Crippen LogP contribution >= 0.6 is 0 Å². The number of hydrogen-bond donors (Lipinski definition) is 0. The van der Waals surface area contributed by atoms with Gasteiger partial charge in [0.15, 0.2) is 0 Å². The van der Waals surface area contributed by atoms with E-state index in [1.807, 2.05) is 6.92 Å². The molecule has 1 heterocycles. The van der Waals surface area contributed by atoms with Crippen molar-refractivity contribution < 1.29 is 14.5 Å². The molecule has 0 amide bonds. The molecule has 1 aliphatic rings. The predicted octanol–water partition coefficient (Wildman–Crippen LogP) is 0.658. The standard InChI is InChI=1S/C4H8O3/c1-3-5-4(2)6-7-4/h3H2,1-2H3. The molecule has 7 heavy (non-hydrogen) atoms. The highest BCUT2D eigenvalue weighted by Crippen LogP contribution is 2.28. The van der Waals surface area contributed by atoms with Gasteiger partial charge >= 0.3 is 5.97 Å². The molecule has 0 unspecified atom stereocenters. The summed E-state index contributed by atoms with van der Waals surface area (Å²) < 4.78 is 4.90. The largest absolute Gasteiger partial charge is 0.337 e. The normalized spacial score (nSPS) is 24.9. The van der Waals surface area contributed by atoms with Crippen LogP contribution in [-0.2, 0) is 14.5 Å². The average molecular weight is 104 g/mol. The first-order chi connectivity index (χ1) is 3.27. The lowest BCUT2D eigenvalue weighted by molar-refractivity contribution is -0.0326. The Balaban J connectivity index is 2.13. The van der Waals surface area contributed by atoms with Gasteiger partial charge in [-0.05, 0) is 6.92 Å². The molecule has 0 aliphatic carbocycles. The molecule has 0 spiro atoms. The van der Waals surface area contributed by atoms with Gasteiger partial charge in [-0.1, -0.05) is 0 Å². The maximum Gasteiger partial charge on any atom is 0.337 e. The molecule has 1 fully saturated rings. The molecule has 3 nitrogen and oxygen atoms in total. The minimum atomic E-state index is -0.700. The zero-order valence-corrected chi connectivity index (χ0v) is 4.43. The van der Waals surface area contributed by atoms with Crippen LogP contribution in [0.25, 0.3) is 0 Å². The van der Waals surface area contributed by atoms with Gasteiger partial charge in [0.05, 0.1) is 0 Å². The van der Waals surface area contributed by atoms with E-state index in [9.17, 15) is 0 Å². The van der Waals surface area contributed by atoms with Crippen LogP contribution in [0.2, 0.25) is 0 Å². The maximum atomic E-state index is 4.90. The van der Waals surface area contributed by atoms with Gasteiger partial charge in [0.1, 0.15) is 0 Å². The van der Waals surface area contributed by atoms with Crippen molar-refractivity contribution in [1.29, 1.82) is 0 Å². The van der Waals surface area contributed by atoms with Crippen molar-refractivity contribution >= 4 is 0 Å². The molecule has 0 N–H and O–H groups in total.